The maximum absolute atomic E-state index is 12.6. The Morgan fingerprint density at radius 1 is 1.04 bits per heavy atom. The van der Waals surface area contributed by atoms with Crippen molar-refractivity contribution < 1.29 is 9.59 Å². The van der Waals surface area contributed by atoms with Crippen LogP contribution in [0.5, 0.6) is 0 Å². The highest BCUT2D eigenvalue weighted by Crippen LogP contribution is 2.30. The highest BCUT2D eigenvalue weighted by Gasteiger charge is 2.29. The van der Waals surface area contributed by atoms with Crippen LogP contribution < -0.4 is 10.6 Å². The summed E-state index contributed by atoms with van der Waals surface area (Å²) in [6, 6.07) is 13.2. The number of benzene rings is 2. The Labute approximate surface area is 167 Å². The average molecular weight is 391 g/mol. The third-order valence-electron chi connectivity index (χ3n) is 4.87. The van der Waals surface area contributed by atoms with E-state index in [0.29, 0.717) is 16.4 Å². The Hall–Kier alpha value is -2.99. The molecule has 0 spiro atoms. The van der Waals surface area contributed by atoms with Crippen LogP contribution in [0.15, 0.2) is 47.8 Å². The smallest absolute Gasteiger partial charge is 0.257 e. The Morgan fingerprint density at radius 3 is 2.61 bits per heavy atom. The molecule has 28 heavy (non-hydrogen) atoms. The molecule has 0 saturated heterocycles. The molecule has 2 amide bonds. The lowest BCUT2D eigenvalue weighted by Gasteiger charge is -2.07. The van der Waals surface area contributed by atoms with Crippen molar-refractivity contribution >= 4 is 34.0 Å². The second-order valence-corrected chi connectivity index (χ2v) is 7.99. The summed E-state index contributed by atoms with van der Waals surface area (Å²) in [6.45, 7) is 4.15. The van der Waals surface area contributed by atoms with Crippen molar-refractivity contribution in [2.75, 3.05) is 10.6 Å². The van der Waals surface area contributed by atoms with Gasteiger partial charge in [-0.25, -0.2) is 4.98 Å². The minimum absolute atomic E-state index is 0.0236. The number of anilines is 2. The van der Waals surface area contributed by atoms with Gasteiger partial charge in [-0.1, -0.05) is 18.2 Å². The summed E-state index contributed by atoms with van der Waals surface area (Å²) in [5.41, 5.74) is 5.44. The van der Waals surface area contributed by atoms with Crippen LogP contribution >= 0.6 is 11.3 Å². The largest absolute Gasteiger partial charge is 0.326 e. The molecular formula is C22H21N3O2S. The number of nitrogens with zero attached hydrogens (tertiary/aromatic N) is 1. The van der Waals surface area contributed by atoms with Crippen molar-refractivity contribution in [3.05, 3.63) is 64.5 Å². The molecule has 142 valence electrons. The zero-order valence-corrected chi connectivity index (χ0v) is 16.6. The topological polar surface area (TPSA) is 71.1 Å². The van der Waals surface area contributed by atoms with Crippen molar-refractivity contribution in [1.29, 1.82) is 0 Å². The molecule has 1 heterocycles. The maximum Gasteiger partial charge on any atom is 0.257 e. The summed E-state index contributed by atoms with van der Waals surface area (Å²) in [7, 11) is 0. The lowest BCUT2D eigenvalue weighted by atomic mass is 10.1. The predicted octanol–water partition coefficient (Wildman–Crippen LogP) is 5.03. The summed E-state index contributed by atoms with van der Waals surface area (Å²) < 4.78 is 0. The molecule has 1 fully saturated rings. The second kappa shape index (κ2) is 7.56. The van der Waals surface area contributed by atoms with E-state index in [4.69, 9.17) is 0 Å². The normalized spacial score (nSPS) is 13.2. The molecule has 0 bridgehead atoms. The van der Waals surface area contributed by atoms with Gasteiger partial charge in [0.15, 0.2) is 5.13 Å². The SMILES string of the molecule is Cc1ccc(-c2csc(NC(=O)c3cccc(NC(=O)C4CC4)c3)n2)cc1C. The highest BCUT2D eigenvalue weighted by molar-refractivity contribution is 7.14. The van der Waals surface area contributed by atoms with E-state index in [2.05, 4.69) is 41.6 Å². The maximum atomic E-state index is 12.6. The van der Waals surface area contributed by atoms with Gasteiger partial charge in [0.05, 0.1) is 5.69 Å². The molecule has 2 aromatic carbocycles. The molecule has 1 saturated carbocycles. The molecule has 1 aromatic heterocycles. The molecular weight excluding hydrogens is 370 g/mol. The van der Waals surface area contributed by atoms with Crippen LogP contribution in [0, 0.1) is 19.8 Å². The van der Waals surface area contributed by atoms with E-state index in [0.717, 1.165) is 24.1 Å². The van der Waals surface area contributed by atoms with E-state index in [1.807, 2.05) is 11.4 Å². The van der Waals surface area contributed by atoms with E-state index >= 15 is 0 Å². The third kappa shape index (κ3) is 4.12. The number of hydrogen-bond donors (Lipinski definition) is 2. The van der Waals surface area contributed by atoms with Crippen LogP contribution in [0.1, 0.15) is 34.3 Å². The first-order valence-corrected chi connectivity index (χ1v) is 10.1. The first-order chi connectivity index (χ1) is 13.5. The van der Waals surface area contributed by atoms with Crippen LogP contribution in [0.25, 0.3) is 11.3 Å². The lowest BCUT2D eigenvalue weighted by molar-refractivity contribution is -0.117. The molecule has 0 unspecified atom stereocenters. The number of nitrogens with one attached hydrogen (secondary N) is 2. The van der Waals surface area contributed by atoms with Crippen molar-refractivity contribution in [2.45, 2.75) is 26.7 Å². The fourth-order valence-corrected chi connectivity index (χ4v) is 3.58. The molecule has 1 aliphatic rings. The van der Waals surface area contributed by atoms with Gasteiger partial charge in [-0.3, -0.25) is 14.9 Å². The van der Waals surface area contributed by atoms with Gasteiger partial charge in [0.25, 0.3) is 5.91 Å². The van der Waals surface area contributed by atoms with Crippen LogP contribution in [-0.2, 0) is 4.79 Å². The van der Waals surface area contributed by atoms with Gasteiger partial charge in [0.1, 0.15) is 0 Å². The Morgan fingerprint density at radius 2 is 1.86 bits per heavy atom. The van der Waals surface area contributed by atoms with Crippen molar-refractivity contribution in [1.82, 2.24) is 4.98 Å². The monoisotopic (exact) mass is 391 g/mol. The van der Waals surface area contributed by atoms with Gasteiger partial charge >= 0.3 is 0 Å². The number of thiazole rings is 1. The van der Waals surface area contributed by atoms with E-state index in [9.17, 15) is 9.59 Å². The van der Waals surface area contributed by atoms with E-state index in [-0.39, 0.29) is 17.7 Å². The number of aromatic nitrogens is 1. The predicted molar refractivity (Wildman–Crippen MR) is 113 cm³/mol. The van der Waals surface area contributed by atoms with Crippen LogP contribution in [0.3, 0.4) is 0 Å². The minimum atomic E-state index is -0.247. The standard InChI is InChI=1S/C22H21N3O2S/c1-13-6-7-16(10-14(13)2)19-12-28-22(24-19)25-21(27)17-4-3-5-18(11-17)23-20(26)15-8-9-15/h3-7,10-12,15H,8-9H2,1-2H3,(H,23,26)(H,24,25,27). The van der Waals surface area contributed by atoms with Gasteiger partial charge in [0, 0.05) is 28.1 Å². The third-order valence-corrected chi connectivity index (χ3v) is 5.63. The number of carbonyl (C=O) groups is 2. The quantitative estimate of drug-likeness (QED) is 0.641. The first kappa shape index (κ1) is 18.4. The summed E-state index contributed by atoms with van der Waals surface area (Å²) >= 11 is 1.39. The van der Waals surface area contributed by atoms with Crippen LogP contribution in [-0.4, -0.2) is 16.8 Å². The van der Waals surface area contributed by atoms with Gasteiger partial charge in [-0.2, -0.15) is 0 Å². The summed E-state index contributed by atoms with van der Waals surface area (Å²) in [5, 5.41) is 8.20. The van der Waals surface area contributed by atoms with Crippen molar-refractivity contribution in [3.8, 4) is 11.3 Å². The molecule has 1 aliphatic carbocycles. The summed E-state index contributed by atoms with van der Waals surface area (Å²) in [6.07, 6.45) is 1.89. The van der Waals surface area contributed by atoms with E-state index in [1.54, 1.807) is 24.3 Å². The number of aryl methyl sites for hydroxylation is 2. The highest BCUT2D eigenvalue weighted by atomic mass is 32.1. The molecule has 0 aliphatic heterocycles. The molecule has 0 radical (unpaired) electrons. The Bertz CT molecular complexity index is 1050. The molecule has 6 heteroatoms. The molecule has 2 N–H and O–H groups in total. The summed E-state index contributed by atoms with van der Waals surface area (Å²) in [4.78, 5) is 29.0. The molecule has 3 aromatic rings. The van der Waals surface area contributed by atoms with Crippen molar-refractivity contribution in [3.63, 3.8) is 0 Å². The Balaban J connectivity index is 1.46. The number of amides is 2. The zero-order chi connectivity index (χ0) is 19.7. The lowest BCUT2D eigenvalue weighted by Crippen LogP contribution is -2.15. The van der Waals surface area contributed by atoms with Crippen LogP contribution in [0.2, 0.25) is 0 Å². The first-order valence-electron chi connectivity index (χ1n) is 9.25. The minimum Gasteiger partial charge on any atom is -0.326 e. The van der Waals surface area contributed by atoms with Crippen molar-refractivity contribution in [2.24, 2.45) is 5.92 Å². The van der Waals surface area contributed by atoms with Crippen LogP contribution in [0.4, 0.5) is 10.8 Å². The Kier molecular flexibility index (Phi) is 4.96. The van der Waals surface area contributed by atoms with Gasteiger partial charge in [-0.15, -0.1) is 11.3 Å². The van der Waals surface area contributed by atoms with Gasteiger partial charge in [0.2, 0.25) is 5.91 Å². The molecule has 4 rings (SSSR count). The fourth-order valence-electron chi connectivity index (χ4n) is 2.86. The number of rotatable bonds is 5. The second-order valence-electron chi connectivity index (χ2n) is 7.14. The summed E-state index contributed by atoms with van der Waals surface area (Å²) in [5.74, 6) is -0.101. The average Bonchev–Trinajstić information content (AvgIpc) is 3.44. The van der Waals surface area contributed by atoms with E-state index in [1.165, 1.54) is 22.5 Å². The number of hydrogen-bond acceptors (Lipinski definition) is 4. The van der Waals surface area contributed by atoms with E-state index < -0.39 is 0 Å². The fraction of sp³-hybridized carbons (Fsp3) is 0.227. The number of carbonyl (C=O) groups excluding carboxylic acids is 2. The van der Waals surface area contributed by atoms with Gasteiger partial charge in [-0.05, 0) is 62.1 Å². The zero-order valence-electron chi connectivity index (χ0n) is 15.8. The van der Waals surface area contributed by atoms with Gasteiger partial charge < -0.3 is 5.32 Å². The molecule has 0 atom stereocenters. The molecule has 5 nitrogen and oxygen atoms in total.